The third-order valence-corrected chi connectivity index (χ3v) is 6.21. The first-order valence-corrected chi connectivity index (χ1v) is 10.2. The third kappa shape index (κ3) is 4.30. The average Bonchev–Trinajstić information content (AvgIpc) is 3.06. The molecule has 1 aliphatic heterocycles. The first kappa shape index (κ1) is 18.6. The van der Waals surface area contributed by atoms with Crippen molar-refractivity contribution in [1.82, 2.24) is 10.3 Å². The Hall–Kier alpha value is -2.21. The third-order valence-electron chi connectivity index (χ3n) is 3.89. The standard InChI is InChI=1S/C14H15BrFN5O4S/c15-10-7-9(1-2-11(10)16)18-13(19-22)12-14(21-25-20-12)17-8-3-5-26(23,24)6-4-8/h1-2,7-8,22H,3-6H2,(H,17,21)(H,18,19). The Morgan fingerprint density at radius 2 is 2.08 bits per heavy atom. The van der Waals surface area contributed by atoms with Crippen LogP contribution in [-0.4, -0.2) is 47.3 Å². The molecule has 9 nitrogen and oxygen atoms in total. The molecule has 1 fully saturated rings. The summed E-state index contributed by atoms with van der Waals surface area (Å²) in [6.07, 6.45) is 0.858. The fraction of sp³-hybridized carbons (Fsp3) is 0.357. The zero-order valence-electron chi connectivity index (χ0n) is 13.3. The fourth-order valence-electron chi connectivity index (χ4n) is 2.51. The number of halogens is 2. The van der Waals surface area contributed by atoms with Crippen molar-refractivity contribution in [2.75, 3.05) is 22.1 Å². The van der Waals surface area contributed by atoms with Crippen LogP contribution in [0.4, 0.5) is 15.9 Å². The minimum absolute atomic E-state index is 0.0595. The molecule has 0 saturated carbocycles. The molecule has 0 aliphatic carbocycles. The van der Waals surface area contributed by atoms with E-state index in [0.717, 1.165) is 0 Å². The lowest BCUT2D eigenvalue weighted by Gasteiger charge is -2.22. The van der Waals surface area contributed by atoms with Gasteiger partial charge in [-0.05, 0) is 57.3 Å². The Labute approximate surface area is 156 Å². The van der Waals surface area contributed by atoms with Gasteiger partial charge in [0, 0.05) is 11.7 Å². The maximum Gasteiger partial charge on any atom is 0.203 e. The molecule has 0 radical (unpaired) electrons. The van der Waals surface area contributed by atoms with Gasteiger partial charge in [0.05, 0.1) is 16.0 Å². The Morgan fingerprint density at radius 1 is 1.35 bits per heavy atom. The summed E-state index contributed by atoms with van der Waals surface area (Å²) in [7, 11) is -2.98. The molecule has 12 heteroatoms. The van der Waals surface area contributed by atoms with E-state index < -0.39 is 15.7 Å². The van der Waals surface area contributed by atoms with Crippen molar-refractivity contribution in [3.05, 3.63) is 34.2 Å². The summed E-state index contributed by atoms with van der Waals surface area (Å²) < 4.78 is 41.3. The molecule has 3 rings (SSSR count). The summed E-state index contributed by atoms with van der Waals surface area (Å²) in [5.74, 6) is -0.0930. The highest BCUT2D eigenvalue weighted by Crippen LogP contribution is 2.23. The summed E-state index contributed by atoms with van der Waals surface area (Å²) in [6, 6.07) is 4.04. The molecule has 1 aliphatic rings. The van der Waals surface area contributed by atoms with Gasteiger partial charge in [-0.2, -0.15) is 0 Å². The lowest BCUT2D eigenvalue weighted by atomic mass is 10.1. The van der Waals surface area contributed by atoms with E-state index in [9.17, 15) is 18.0 Å². The van der Waals surface area contributed by atoms with E-state index in [1.165, 1.54) is 18.2 Å². The quantitative estimate of drug-likeness (QED) is 0.281. The van der Waals surface area contributed by atoms with Crippen LogP contribution in [0.25, 0.3) is 0 Å². The summed E-state index contributed by atoms with van der Waals surface area (Å²) in [5.41, 5.74) is 0.560. The van der Waals surface area contributed by atoms with Gasteiger partial charge in [-0.3, -0.25) is 0 Å². The minimum Gasteiger partial charge on any atom is -0.409 e. The SMILES string of the molecule is O=S1(=O)CCC(Nc2nonc2C(=NO)Nc2ccc(F)c(Br)c2)CC1. The summed E-state index contributed by atoms with van der Waals surface area (Å²) in [6.45, 7) is 0. The van der Waals surface area contributed by atoms with Crippen molar-refractivity contribution in [2.24, 2.45) is 5.16 Å². The van der Waals surface area contributed by atoms with E-state index in [4.69, 9.17) is 4.63 Å². The van der Waals surface area contributed by atoms with E-state index in [-0.39, 0.29) is 39.4 Å². The monoisotopic (exact) mass is 447 g/mol. The van der Waals surface area contributed by atoms with E-state index >= 15 is 0 Å². The summed E-state index contributed by atoms with van der Waals surface area (Å²) in [5, 5.41) is 25.8. The molecule has 2 heterocycles. The highest BCUT2D eigenvalue weighted by Gasteiger charge is 2.26. The van der Waals surface area contributed by atoms with E-state index in [2.05, 4.69) is 42.0 Å². The van der Waals surface area contributed by atoms with E-state index in [1.54, 1.807) is 0 Å². The van der Waals surface area contributed by atoms with E-state index in [0.29, 0.717) is 18.5 Å². The van der Waals surface area contributed by atoms with Crippen LogP contribution in [0, 0.1) is 5.82 Å². The van der Waals surface area contributed by atoms with Crippen molar-refractivity contribution in [1.29, 1.82) is 0 Å². The van der Waals surface area contributed by atoms with Gasteiger partial charge in [0.1, 0.15) is 15.7 Å². The number of rotatable bonds is 4. The van der Waals surface area contributed by atoms with Crippen molar-refractivity contribution in [2.45, 2.75) is 18.9 Å². The molecule has 0 spiro atoms. The molecular formula is C14H15BrFN5O4S. The summed E-state index contributed by atoms with van der Waals surface area (Å²) in [4.78, 5) is 0. The van der Waals surface area contributed by atoms with Crippen LogP contribution in [0.3, 0.4) is 0 Å². The number of anilines is 2. The molecule has 1 saturated heterocycles. The number of oxime groups is 1. The molecule has 0 unspecified atom stereocenters. The Kier molecular flexibility index (Phi) is 5.41. The first-order valence-electron chi connectivity index (χ1n) is 7.62. The Morgan fingerprint density at radius 3 is 2.73 bits per heavy atom. The average molecular weight is 448 g/mol. The van der Waals surface area contributed by atoms with Gasteiger partial charge in [0.25, 0.3) is 0 Å². The zero-order valence-corrected chi connectivity index (χ0v) is 15.7. The van der Waals surface area contributed by atoms with Crippen LogP contribution in [-0.2, 0) is 9.84 Å². The summed E-state index contributed by atoms with van der Waals surface area (Å²) >= 11 is 3.07. The molecule has 3 N–H and O–H groups in total. The van der Waals surface area contributed by atoms with Gasteiger partial charge < -0.3 is 15.8 Å². The molecule has 1 aromatic carbocycles. The topological polar surface area (TPSA) is 130 Å². The number of nitrogens with one attached hydrogen (secondary N) is 2. The van der Waals surface area contributed by atoms with Gasteiger partial charge >= 0.3 is 0 Å². The zero-order chi connectivity index (χ0) is 18.7. The molecule has 0 amide bonds. The highest BCUT2D eigenvalue weighted by molar-refractivity contribution is 9.10. The lowest BCUT2D eigenvalue weighted by Crippen LogP contribution is -2.32. The van der Waals surface area contributed by atoms with Crippen LogP contribution < -0.4 is 10.6 Å². The smallest absolute Gasteiger partial charge is 0.203 e. The second kappa shape index (κ2) is 7.58. The second-order valence-corrected chi connectivity index (χ2v) is 8.89. The lowest BCUT2D eigenvalue weighted by molar-refractivity contribution is 0.304. The van der Waals surface area contributed by atoms with Crippen LogP contribution in [0.2, 0.25) is 0 Å². The van der Waals surface area contributed by atoms with Gasteiger partial charge in [0.2, 0.25) is 11.7 Å². The molecule has 1 aromatic heterocycles. The number of hydrogen-bond donors (Lipinski definition) is 3. The van der Waals surface area contributed by atoms with Gasteiger partial charge in [-0.15, -0.1) is 0 Å². The van der Waals surface area contributed by atoms with Crippen LogP contribution in [0.1, 0.15) is 18.5 Å². The predicted octanol–water partition coefficient (Wildman–Crippen LogP) is 2.21. The number of benzene rings is 1. The van der Waals surface area contributed by atoms with Crippen molar-refractivity contribution < 1.29 is 22.6 Å². The van der Waals surface area contributed by atoms with Crippen LogP contribution >= 0.6 is 15.9 Å². The van der Waals surface area contributed by atoms with Crippen molar-refractivity contribution in [3.8, 4) is 0 Å². The Balaban J connectivity index is 1.74. The number of sulfone groups is 1. The predicted molar refractivity (Wildman–Crippen MR) is 95.6 cm³/mol. The van der Waals surface area contributed by atoms with Gasteiger partial charge in [-0.1, -0.05) is 5.16 Å². The highest BCUT2D eigenvalue weighted by atomic mass is 79.9. The number of nitrogens with zero attached hydrogens (tertiary/aromatic N) is 3. The maximum absolute atomic E-state index is 13.3. The first-order chi connectivity index (χ1) is 12.4. The fourth-order valence-corrected chi connectivity index (χ4v) is 4.38. The second-order valence-electron chi connectivity index (χ2n) is 5.73. The molecule has 0 atom stereocenters. The number of amidine groups is 1. The largest absolute Gasteiger partial charge is 0.409 e. The minimum atomic E-state index is -2.98. The van der Waals surface area contributed by atoms with E-state index in [1.807, 2.05) is 0 Å². The van der Waals surface area contributed by atoms with Crippen LogP contribution in [0.15, 0.2) is 32.5 Å². The molecule has 2 aromatic rings. The molecule has 26 heavy (non-hydrogen) atoms. The molecule has 0 bridgehead atoms. The Bertz CT molecular complexity index is 919. The number of aromatic nitrogens is 2. The molecule has 140 valence electrons. The number of hydrogen-bond acceptors (Lipinski definition) is 8. The molecular weight excluding hydrogens is 433 g/mol. The maximum atomic E-state index is 13.3. The van der Waals surface area contributed by atoms with Gasteiger partial charge in [0.15, 0.2) is 5.69 Å². The van der Waals surface area contributed by atoms with Crippen molar-refractivity contribution >= 4 is 43.1 Å². The van der Waals surface area contributed by atoms with Crippen LogP contribution in [0.5, 0.6) is 0 Å². The normalized spacial score (nSPS) is 17.8. The van der Waals surface area contributed by atoms with Gasteiger partial charge in [-0.25, -0.2) is 17.4 Å². The van der Waals surface area contributed by atoms with Crippen molar-refractivity contribution in [3.63, 3.8) is 0 Å².